The van der Waals surface area contributed by atoms with Crippen molar-refractivity contribution in [2.24, 2.45) is 0 Å². The highest BCUT2D eigenvalue weighted by molar-refractivity contribution is 5.71. The third-order valence-electron chi connectivity index (χ3n) is 12.8. The standard InChI is InChI=1S/C65H112O6/c1-4-7-10-13-16-19-22-25-28-30-32-34-37-40-43-46-49-52-55-58-64(67)70-61-62(60-69-63(66)57-54-51-48-45-42-39-36-27-24-21-18-15-12-9-6-3)71-65(68)59-56-53-50-47-44-41-38-35-33-31-29-26-23-20-17-14-11-8-5-2/h16-21,25-29,33,35-36,62H,4-15,22-24,30-32,34,37-61H2,1-3H3/b19-16-,20-17-,21-18-,28-25-,29-26-,35-33-,36-27-/t62-/m1/s1. The number of ether oxygens (including phenoxy) is 3. The lowest BCUT2D eigenvalue weighted by atomic mass is 10.1. The highest BCUT2D eigenvalue weighted by atomic mass is 16.6. The molecule has 0 aromatic heterocycles. The Bertz CT molecular complexity index is 1370. The van der Waals surface area contributed by atoms with Crippen LogP contribution in [0.15, 0.2) is 85.1 Å². The largest absolute Gasteiger partial charge is 0.462 e. The Kier molecular flexibility index (Phi) is 56.3. The second-order valence-corrected chi connectivity index (χ2v) is 19.9. The van der Waals surface area contributed by atoms with Crippen LogP contribution in [0.25, 0.3) is 0 Å². The van der Waals surface area contributed by atoms with Crippen LogP contribution >= 0.6 is 0 Å². The van der Waals surface area contributed by atoms with Crippen molar-refractivity contribution < 1.29 is 28.6 Å². The van der Waals surface area contributed by atoms with E-state index in [2.05, 4.69) is 106 Å². The summed E-state index contributed by atoms with van der Waals surface area (Å²) in [7, 11) is 0. The fraction of sp³-hybridized carbons (Fsp3) is 0.738. The minimum atomic E-state index is -0.793. The second kappa shape index (κ2) is 59.2. The summed E-state index contributed by atoms with van der Waals surface area (Å²) in [6, 6.07) is 0. The molecular weight excluding hydrogens is 877 g/mol. The predicted octanol–water partition coefficient (Wildman–Crippen LogP) is 20.3. The van der Waals surface area contributed by atoms with Gasteiger partial charge in [-0.25, -0.2) is 0 Å². The third-order valence-corrected chi connectivity index (χ3v) is 12.8. The lowest BCUT2D eigenvalue weighted by Crippen LogP contribution is -2.30. The Hall–Kier alpha value is -3.41. The third kappa shape index (κ3) is 57.4. The van der Waals surface area contributed by atoms with E-state index in [1.165, 1.54) is 135 Å². The first kappa shape index (κ1) is 67.6. The van der Waals surface area contributed by atoms with Gasteiger partial charge in [-0.05, 0) is 122 Å². The molecule has 1 atom stereocenters. The fourth-order valence-electron chi connectivity index (χ4n) is 8.27. The summed E-state index contributed by atoms with van der Waals surface area (Å²) in [6.07, 6.45) is 77.1. The molecule has 71 heavy (non-hydrogen) atoms. The summed E-state index contributed by atoms with van der Waals surface area (Å²) >= 11 is 0. The summed E-state index contributed by atoms with van der Waals surface area (Å²) in [5, 5.41) is 0. The van der Waals surface area contributed by atoms with Gasteiger partial charge in [0.1, 0.15) is 13.2 Å². The molecule has 0 rings (SSSR count). The Labute approximate surface area is 439 Å². The smallest absolute Gasteiger partial charge is 0.306 e. The zero-order chi connectivity index (χ0) is 51.4. The van der Waals surface area contributed by atoms with E-state index < -0.39 is 6.10 Å². The van der Waals surface area contributed by atoms with Crippen molar-refractivity contribution in [1.29, 1.82) is 0 Å². The van der Waals surface area contributed by atoms with E-state index in [-0.39, 0.29) is 31.1 Å². The molecule has 0 amide bonds. The second-order valence-electron chi connectivity index (χ2n) is 19.9. The Morgan fingerprint density at radius 3 is 0.789 bits per heavy atom. The number of unbranched alkanes of at least 4 members (excludes halogenated alkanes) is 29. The number of hydrogen-bond acceptors (Lipinski definition) is 6. The van der Waals surface area contributed by atoms with Crippen LogP contribution in [0.2, 0.25) is 0 Å². The van der Waals surface area contributed by atoms with Crippen molar-refractivity contribution in [1.82, 2.24) is 0 Å². The van der Waals surface area contributed by atoms with Crippen molar-refractivity contribution in [2.75, 3.05) is 13.2 Å². The van der Waals surface area contributed by atoms with Crippen LogP contribution in [0, 0.1) is 0 Å². The molecule has 0 aliphatic heterocycles. The van der Waals surface area contributed by atoms with E-state index in [1.54, 1.807) is 0 Å². The maximum absolute atomic E-state index is 12.9. The van der Waals surface area contributed by atoms with Crippen LogP contribution in [-0.4, -0.2) is 37.2 Å². The van der Waals surface area contributed by atoms with E-state index >= 15 is 0 Å². The lowest BCUT2D eigenvalue weighted by Gasteiger charge is -2.18. The van der Waals surface area contributed by atoms with E-state index in [9.17, 15) is 14.4 Å². The summed E-state index contributed by atoms with van der Waals surface area (Å²) in [6.45, 7) is 6.55. The monoisotopic (exact) mass is 989 g/mol. The average molecular weight is 990 g/mol. The van der Waals surface area contributed by atoms with Gasteiger partial charge in [-0.1, -0.05) is 234 Å². The highest BCUT2D eigenvalue weighted by Crippen LogP contribution is 2.15. The lowest BCUT2D eigenvalue weighted by molar-refractivity contribution is -0.167. The zero-order valence-corrected chi connectivity index (χ0v) is 46.7. The van der Waals surface area contributed by atoms with Crippen molar-refractivity contribution in [2.45, 2.75) is 297 Å². The van der Waals surface area contributed by atoms with Crippen LogP contribution in [0.1, 0.15) is 290 Å². The maximum atomic E-state index is 12.9. The molecule has 408 valence electrons. The van der Waals surface area contributed by atoms with E-state index in [4.69, 9.17) is 14.2 Å². The van der Waals surface area contributed by atoms with Gasteiger partial charge in [-0.15, -0.1) is 0 Å². The topological polar surface area (TPSA) is 78.9 Å². The normalized spacial score (nSPS) is 12.7. The molecule has 0 N–H and O–H groups in total. The van der Waals surface area contributed by atoms with Crippen molar-refractivity contribution >= 4 is 17.9 Å². The number of carbonyl (C=O) groups excluding carboxylic acids is 3. The van der Waals surface area contributed by atoms with Gasteiger partial charge < -0.3 is 14.2 Å². The molecule has 0 fully saturated rings. The quantitative estimate of drug-likeness (QED) is 0.0261. The molecule has 0 aliphatic carbocycles. The molecule has 0 heterocycles. The summed E-state index contributed by atoms with van der Waals surface area (Å²) in [4.78, 5) is 38.2. The van der Waals surface area contributed by atoms with Crippen LogP contribution < -0.4 is 0 Å². The van der Waals surface area contributed by atoms with Crippen LogP contribution in [-0.2, 0) is 28.6 Å². The first-order valence-electron chi connectivity index (χ1n) is 30.1. The van der Waals surface area contributed by atoms with Gasteiger partial charge >= 0.3 is 17.9 Å². The van der Waals surface area contributed by atoms with E-state index in [1.807, 2.05) is 0 Å². The minimum absolute atomic E-state index is 0.0885. The fourth-order valence-corrected chi connectivity index (χ4v) is 8.27. The Morgan fingerprint density at radius 1 is 0.282 bits per heavy atom. The molecule has 0 radical (unpaired) electrons. The molecule has 0 aromatic rings. The average Bonchev–Trinajstić information content (AvgIpc) is 3.37. The Morgan fingerprint density at radius 2 is 0.507 bits per heavy atom. The summed E-state index contributed by atoms with van der Waals surface area (Å²) in [5.41, 5.74) is 0. The van der Waals surface area contributed by atoms with Gasteiger partial charge in [0.15, 0.2) is 6.10 Å². The highest BCUT2D eigenvalue weighted by Gasteiger charge is 2.19. The predicted molar refractivity (Wildman–Crippen MR) is 307 cm³/mol. The molecule has 6 heteroatoms. The number of rotatable bonds is 54. The van der Waals surface area contributed by atoms with Crippen molar-refractivity contribution in [3.05, 3.63) is 85.1 Å². The van der Waals surface area contributed by atoms with Crippen LogP contribution in [0.5, 0.6) is 0 Å². The maximum Gasteiger partial charge on any atom is 0.306 e. The first-order chi connectivity index (χ1) is 35.0. The number of carbonyl (C=O) groups is 3. The number of esters is 3. The van der Waals surface area contributed by atoms with Gasteiger partial charge in [0.25, 0.3) is 0 Å². The van der Waals surface area contributed by atoms with E-state index in [0.717, 1.165) is 116 Å². The van der Waals surface area contributed by atoms with Gasteiger partial charge in [0.2, 0.25) is 0 Å². The van der Waals surface area contributed by atoms with Crippen LogP contribution in [0.3, 0.4) is 0 Å². The molecule has 0 saturated heterocycles. The SMILES string of the molecule is CCCCC/C=C\C/C=C\C/C=C\CCCCCCCCC(=O)O[C@H](COC(=O)CCCCCCC/C=C\C/C=C\CCCCC)COC(=O)CCCCCCCCCCC/C=C\C/C=C\CCCCC. The molecule has 0 bridgehead atoms. The van der Waals surface area contributed by atoms with Crippen molar-refractivity contribution in [3.8, 4) is 0 Å². The first-order valence-corrected chi connectivity index (χ1v) is 30.1. The molecule has 6 nitrogen and oxygen atoms in total. The van der Waals surface area contributed by atoms with Gasteiger partial charge in [0.05, 0.1) is 0 Å². The zero-order valence-electron chi connectivity index (χ0n) is 46.7. The van der Waals surface area contributed by atoms with Gasteiger partial charge in [-0.3, -0.25) is 14.4 Å². The summed E-state index contributed by atoms with van der Waals surface area (Å²) in [5.74, 6) is -0.911. The molecule has 0 aromatic carbocycles. The van der Waals surface area contributed by atoms with Gasteiger partial charge in [-0.2, -0.15) is 0 Å². The molecular formula is C65H112O6. The number of hydrogen-bond donors (Lipinski definition) is 0. The molecule has 0 saturated carbocycles. The van der Waals surface area contributed by atoms with Gasteiger partial charge in [0, 0.05) is 19.3 Å². The van der Waals surface area contributed by atoms with Crippen molar-refractivity contribution in [3.63, 3.8) is 0 Å². The molecule has 0 aliphatic rings. The number of allylic oxidation sites excluding steroid dienone is 14. The summed E-state index contributed by atoms with van der Waals surface area (Å²) < 4.78 is 16.9. The molecule has 0 spiro atoms. The Balaban J connectivity index is 4.43. The van der Waals surface area contributed by atoms with Crippen LogP contribution in [0.4, 0.5) is 0 Å². The molecule has 0 unspecified atom stereocenters. The minimum Gasteiger partial charge on any atom is -0.462 e. The van der Waals surface area contributed by atoms with E-state index in [0.29, 0.717) is 19.3 Å².